The number of hydrogen-bond acceptors (Lipinski definition) is 30. The third kappa shape index (κ3) is 13.9. The predicted octanol–water partition coefficient (Wildman–Crippen LogP) is -12.6. The van der Waals surface area contributed by atoms with E-state index in [0.29, 0.717) is 0 Å². The normalized spacial score (nSPS) is 48.6. The van der Waals surface area contributed by atoms with E-state index in [9.17, 15) is 96.1 Å². The smallest absolute Gasteiger partial charge is 0.217 e. The highest BCUT2D eigenvalue weighted by Gasteiger charge is 2.56. The van der Waals surface area contributed by atoms with Crippen molar-refractivity contribution in [3.63, 3.8) is 0 Å². The van der Waals surface area contributed by atoms with Gasteiger partial charge in [0.25, 0.3) is 0 Å². The van der Waals surface area contributed by atoms with E-state index in [1.165, 1.54) is 6.92 Å². The molecule has 6 fully saturated rings. The van der Waals surface area contributed by atoms with Crippen LogP contribution in [0.15, 0.2) is 0 Å². The van der Waals surface area contributed by atoms with E-state index < -0.39 is 235 Å². The zero-order valence-corrected chi connectivity index (χ0v) is 40.7. The van der Waals surface area contributed by atoms with Crippen molar-refractivity contribution in [1.82, 2.24) is 16.0 Å². The van der Waals surface area contributed by atoms with E-state index in [0.717, 1.165) is 20.8 Å². The Morgan fingerprint density at radius 1 is 0.373 bits per heavy atom. The Morgan fingerprint density at radius 3 is 1.35 bits per heavy atom. The van der Waals surface area contributed by atoms with Crippen molar-refractivity contribution in [2.45, 2.75) is 212 Å². The van der Waals surface area contributed by atoms with Gasteiger partial charge in [0.2, 0.25) is 17.7 Å². The van der Waals surface area contributed by atoms with Gasteiger partial charge in [0.15, 0.2) is 37.7 Å². The van der Waals surface area contributed by atoms with Gasteiger partial charge < -0.3 is 150 Å². The molecule has 6 aliphatic heterocycles. The van der Waals surface area contributed by atoms with Crippen LogP contribution in [0.25, 0.3) is 0 Å². The summed E-state index contributed by atoms with van der Waals surface area (Å²) >= 11 is 0. The molecule has 33 nitrogen and oxygen atoms in total. The lowest BCUT2D eigenvalue weighted by Gasteiger charge is -2.49. The summed E-state index contributed by atoms with van der Waals surface area (Å²) in [4.78, 5) is 36.8. The third-order valence-corrected chi connectivity index (χ3v) is 13.6. The summed E-state index contributed by atoms with van der Waals surface area (Å²) in [5.41, 5.74) is 0. The lowest BCUT2D eigenvalue weighted by Crippen LogP contribution is -2.70. The Hall–Kier alpha value is -2.67. The number of aliphatic hydroxyl groups is 16. The van der Waals surface area contributed by atoms with Crippen molar-refractivity contribution < 1.29 is 148 Å². The monoisotopic (exact) mass is 1100 g/mol. The maximum absolute atomic E-state index is 12.6. The molecule has 19 N–H and O–H groups in total. The molecule has 0 saturated carbocycles. The summed E-state index contributed by atoms with van der Waals surface area (Å²) in [5, 5.41) is 179. The van der Waals surface area contributed by atoms with Crippen LogP contribution in [0.1, 0.15) is 27.7 Å². The Labute approximate surface area is 426 Å². The molecule has 434 valence electrons. The molecule has 0 spiro atoms. The average molecular weight is 1100 g/mol. The van der Waals surface area contributed by atoms with E-state index in [1.807, 2.05) is 0 Å². The lowest BCUT2D eigenvalue weighted by molar-refractivity contribution is -0.374. The van der Waals surface area contributed by atoms with Crippen molar-refractivity contribution in [2.75, 3.05) is 33.0 Å². The first-order chi connectivity index (χ1) is 35.3. The molecule has 6 aliphatic rings. The molecule has 0 aromatic rings. The maximum Gasteiger partial charge on any atom is 0.217 e. The molecule has 0 aliphatic carbocycles. The minimum atomic E-state index is -2.16. The van der Waals surface area contributed by atoms with E-state index in [1.54, 1.807) is 0 Å². The van der Waals surface area contributed by atoms with E-state index in [4.69, 9.17) is 52.1 Å². The molecule has 6 rings (SSSR count). The van der Waals surface area contributed by atoms with E-state index >= 15 is 0 Å². The molecule has 0 radical (unpaired) electrons. The SMILES string of the molecule is CC(=O)N[C@H]1[C@H](O[C@H]2[C@H](O)[C@@H](NC(C)=O)C(O)O[C@@H]2CO[C@H]2O[C@H](C)[C@H](O)[C@H](O)[C@H]2O)O[C@H](CO)[C@@H](O[C@@H]2O[C@H](CO[C@H]3O[C@H](CO)[C@@H](O)[C@H](O)[C@@H]3O[C@@H]3O[C@H](CO)[C@@H](O)[C@H](O)[C@H]3NC(C)=O)[C@@H](O)[C@H](O)[C@@H]2O)[C@@H]1O. The summed E-state index contributed by atoms with van der Waals surface area (Å²) in [5.74, 6) is -2.31. The number of carbonyl (C=O) groups is 3. The summed E-state index contributed by atoms with van der Waals surface area (Å²) in [7, 11) is 0. The number of rotatable bonds is 18. The first-order valence-electron chi connectivity index (χ1n) is 23.9. The van der Waals surface area contributed by atoms with Gasteiger partial charge in [-0.1, -0.05) is 0 Å². The van der Waals surface area contributed by atoms with Crippen LogP contribution in [0, 0.1) is 0 Å². The second-order valence-electron chi connectivity index (χ2n) is 19.0. The summed E-state index contributed by atoms with van der Waals surface area (Å²) in [6.07, 6.45) is -48.7. The Morgan fingerprint density at radius 2 is 0.773 bits per heavy atom. The number of carbonyl (C=O) groups excluding carboxylic acids is 3. The fourth-order valence-corrected chi connectivity index (χ4v) is 9.45. The quantitative estimate of drug-likeness (QED) is 0.0606. The van der Waals surface area contributed by atoms with Gasteiger partial charge in [0, 0.05) is 20.8 Å². The molecule has 30 atom stereocenters. The highest BCUT2D eigenvalue weighted by molar-refractivity contribution is 5.74. The van der Waals surface area contributed by atoms with Crippen LogP contribution in [-0.2, 0) is 66.5 Å². The van der Waals surface area contributed by atoms with Crippen LogP contribution in [0.3, 0.4) is 0 Å². The minimum absolute atomic E-state index is 0.715. The Kier molecular flexibility index (Phi) is 21.8. The van der Waals surface area contributed by atoms with Crippen molar-refractivity contribution in [3.8, 4) is 0 Å². The summed E-state index contributed by atoms with van der Waals surface area (Å²) in [6, 6.07) is -4.92. The predicted molar refractivity (Wildman–Crippen MR) is 233 cm³/mol. The minimum Gasteiger partial charge on any atom is -0.394 e. The van der Waals surface area contributed by atoms with Crippen LogP contribution in [0.5, 0.6) is 0 Å². The molecular formula is C42H71N3O30. The lowest BCUT2D eigenvalue weighted by atomic mass is 9.94. The van der Waals surface area contributed by atoms with Crippen molar-refractivity contribution in [3.05, 3.63) is 0 Å². The van der Waals surface area contributed by atoms with Crippen molar-refractivity contribution in [2.24, 2.45) is 0 Å². The van der Waals surface area contributed by atoms with Gasteiger partial charge in [-0.3, -0.25) is 14.4 Å². The first kappa shape index (κ1) is 61.5. The number of hydrogen-bond donors (Lipinski definition) is 19. The average Bonchev–Trinajstić information content (AvgIpc) is 3.36. The molecule has 6 saturated heterocycles. The highest BCUT2D eigenvalue weighted by atomic mass is 16.8. The van der Waals surface area contributed by atoms with Gasteiger partial charge in [-0.25, -0.2) is 0 Å². The van der Waals surface area contributed by atoms with Crippen molar-refractivity contribution >= 4 is 17.7 Å². The van der Waals surface area contributed by atoms with E-state index in [2.05, 4.69) is 16.0 Å². The molecule has 1 unspecified atom stereocenters. The van der Waals surface area contributed by atoms with Crippen molar-refractivity contribution in [1.29, 1.82) is 0 Å². The molecule has 75 heavy (non-hydrogen) atoms. The third-order valence-electron chi connectivity index (χ3n) is 13.6. The van der Waals surface area contributed by atoms with Crippen LogP contribution >= 0.6 is 0 Å². The Bertz CT molecular complexity index is 1850. The van der Waals surface area contributed by atoms with E-state index in [-0.39, 0.29) is 0 Å². The summed E-state index contributed by atoms with van der Waals surface area (Å²) in [6.45, 7) is 0.105. The van der Waals surface area contributed by atoms with Crippen LogP contribution in [0.2, 0.25) is 0 Å². The molecule has 0 bridgehead atoms. The molecule has 0 aromatic carbocycles. The number of nitrogens with one attached hydrogen (secondary N) is 3. The van der Waals surface area contributed by atoms with Gasteiger partial charge in [-0.15, -0.1) is 0 Å². The standard InChI is InChI=1S/C42H71N3O30/c1-10-22(52)29(59)32(62)40(67-10)65-9-18-35(27(57)19(37(64)68-18)43-11(2)49)73-39-21(45-13(4)51)28(58)34(16(7-48)71-39)74-41-33(63)30(60)25(55)17(72-41)8-66-42-36(31(61)24(54)15(6-47)70-42)75-38-20(44-12(3)50)26(56)23(53)14(5-46)69-38/h10,14-42,46-48,52-64H,5-9H2,1-4H3,(H,43,49)(H,44,50)(H,45,51)/t10-,14-,15-,16-,17-,18-,19-,20-,21-,22+,23-,24-,25-,26-,27-,28-,29+,30+,31+,32-,33+,34-,35-,36+,37?,38+,39+,40+,41+,42+/m1/s1. The van der Waals surface area contributed by atoms with Crippen LogP contribution in [-0.4, -0.2) is 317 Å². The number of ether oxygens (including phenoxy) is 11. The molecule has 0 aromatic heterocycles. The topological polar surface area (TPSA) is 513 Å². The van der Waals surface area contributed by atoms with Gasteiger partial charge >= 0.3 is 0 Å². The zero-order chi connectivity index (χ0) is 55.5. The maximum atomic E-state index is 12.6. The first-order valence-corrected chi connectivity index (χ1v) is 23.9. The molecule has 3 amide bonds. The van der Waals surface area contributed by atoms with Crippen LogP contribution < -0.4 is 16.0 Å². The number of amides is 3. The summed E-state index contributed by atoms with van der Waals surface area (Å²) < 4.78 is 63.4. The fraction of sp³-hybridized carbons (Fsp3) is 0.929. The highest BCUT2D eigenvalue weighted by Crippen LogP contribution is 2.35. The number of aliphatic hydroxyl groups excluding tert-OH is 16. The Balaban J connectivity index is 1.20. The zero-order valence-electron chi connectivity index (χ0n) is 40.7. The van der Waals surface area contributed by atoms with Crippen LogP contribution in [0.4, 0.5) is 0 Å². The molecule has 6 heterocycles. The molecule has 33 heteroatoms. The van der Waals surface area contributed by atoms with Gasteiger partial charge in [0.05, 0.1) is 39.1 Å². The fourth-order valence-electron chi connectivity index (χ4n) is 9.45. The second kappa shape index (κ2) is 26.5. The van der Waals surface area contributed by atoms with Gasteiger partial charge in [-0.05, 0) is 6.92 Å². The van der Waals surface area contributed by atoms with Gasteiger partial charge in [0.1, 0.15) is 140 Å². The second-order valence-corrected chi connectivity index (χ2v) is 19.0. The largest absolute Gasteiger partial charge is 0.394 e. The molecular weight excluding hydrogens is 1030 g/mol. The van der Waals surface area contributed by atoms with Gasteiger partial charge in [-0.2, -0.15) is 0 Å².